The maximum atomic E-state index is 10.6. The van der Waals surface area contributed by atoms with Crippen molar-refractivity contribution in [1.29, 1.82) is 0 Å². The number of hydrogen-bond acceptors (Lipinski definition) is 3. The molecule has 0 aliphatic heterocycles. The van der Waals surface area contributed by atoms with Crippen LogP contribution in [0.15, 0.2) is 36.8 Å². The van der Waals surface area contributed by atoms with E-state index >= 15 is 0 Å². The second kappa shape index (κ2) is 4.93. The summed E-state index contributed by atoms with van der Waals surface area (Å²) >= 11 is 5.98. The summed E-state index contributed by atoms with van der Waals surface area (Å²) in [5.41, 5.74) is 2.12. The monoisotopic (exact) mass is 248 g/mol. The number of carboxylic acids is 1. The number of nitrogens with zero attached hydrogens (tertiary/aromatic N) is 2. The molecule has 0 saturated carbocycles. The Balaban J connectivity index is 2.43. The average molecular weight is 249 g/mol. The van der Waals surface area contributed by atoms with Crippen LogP contribution in [0.2, 0.25) is 5.15 Å². The Labute approximate surface area is 103 Å². The third-order valence-corrected chi connectivity index (χ3v) is 2.52. The van der Waals surface area contributed by atoms with E-state index in [1.807, 2.05) is 6.07 Å². The Morgan fingerprint density at radius 1 is 1.41 bits per heavy atom. The van der Waals surface area contributed by atoms with Crippen molar-refractivity contribution < 1.29 is 9.90 Å². The number of pyridine rings is 2. The van der Waals surface area contributed by atoms with Gasteiger partial charge in [0.15, 0.2) is 0 Å². The molecule has 0 saturated heterocycles. The summed E-state index contributed by atoms with van der Waals surface area (Å²) in [6, 6.07) is 5.36. The second-order valence-electron chi connectivity index (χ2n) is 3.49. The molecular formula is C12H9ClN2O2. The lowest BCUT2D eigenvalue weighted by Crippen LogP contribution is -2.01. The van der Waals surface area contributed by atoms with Crippen LogP contribution in [0.3, 0.4) is 0 Å². The largest absolute Gasteiger partial charge is 0.481 e. The van der Waals surface area contributed by atoms with Gasteiger partial charge in [0, 0.05) is 29.7 Å². The van der Waals surface area contributed by atoms with Crippen molar-refractivity contribution >= 4 is 17.6 Å². The van der Waals surface area contributed by atoms with Crippen LogP contribution >= 0.6 is 11.6 Å². The first-order valence-electron chi connectivity index (χ1n) is 4.93. The fourth-order valence-electron chi connectivity index (χ4n) is 1.49. The van der Waals surface area contributed by atoms with Gasteiger partial charge in [0.1, 0.15) is 5.15 Å². The quantitative estimate of drug-likeness (QED) is 0.848. The fourth-order valence-corrected chi connectivity index (χ4v) is 1.70. The zero-order valence-corrected chi connectivity index (χ0v) is 9.55. The average Bonchev–Trinajstić information content (AvgIpc) is 2.32. The molecular weight excluding hydrogens is 240 g/mol. The predicted molar refractivity (Wildman–Crippen MR) is 63.8 cm³/mol. The second-order valence-corrected chi connectivity index (χ2v) is 3.85. The van der Waals surface area contributed by atoms with Gasteiger partial charge in [-0.25, -0.2) is 4.98 Å². The van der Waals surface area contributed by atoms with E-state index in [0.717, 1.165) is 5.56 Å². The topological polar surface area (TPSA) is 63.1 Å². The van der Waals surface area contributed by atoms with Crippen molar-refractivity contribution in [3.63, 3.8) is 0 Å². The summed E-state index contributed by atoms with van der Waals surface area (Å²) in [6.07, 6.45) is 4.72. The van der Waals surface area contributed by atoms with Gasteiger partial charge in [-0.05, 0) is 17.7 Å². The summed E-state index contributed by atoms with van der Waals surface area (Å²) in [5.74, 6) is -0.897. The highest BCUT2D eigenvalue weighted by atomic mass is 35.5. The first kappa shape index (κ1) is 11.5. The summed E-state index contributed by atoms with van der Waals surface area (Å²) in [4.78, 5) is 18.6. The zero-order chi connectivity index (χ0) is 12.3. The SMILES string of the molecule is O=C(O)Cc1cnc(Cl)c(-c2cccnc2)c1. The highest BCUT2D eigenvalue weighted by Gasteiger charge is 2.08. The number of aromatic nitrogens is 2. The molecule has 86 valence electrons. The number of halogens is 1. The van der Waals surface area contributed by atoms with Crippen LogP contribution in [0.5, 0.6) is 0 Å². The van der Waals surface area contributed by atoms with Gasteiger partial charge in [-0.3, -0.25) is 9.78 Å². The Morgan fingerprint density at radius 3 is 2.88 bits per heavy atom. The molecule has 0 bridgehead atoms. The molecule has 0 unspecified atom stereocenters. The molecule has 2 aromatic heterocycles. The van der Waals surface area contributed by atoms with E-state index in [-0.39, 0.29) is 6.42 Å². The van der Waals surface area contributed by atoms with Gasteiger partial charge < -0.3 is 5.11 Å². The molecule has 17 heavy (non-hydrogen) atoms. The molecule has 0 radical (unpaired) electrons. The molecule has 0 amide bonds. The minimum atomic E-state index is -0.897. The highest BCUT2D eigenvalue weighted by molar-refractivity contribution is 6.32. The lowest BCUT2D eigenvalue weighted by Gasteiger charge is -2.05. The maximum Gasteiger partial charge on any atom is 0.307 e. The van der Waals surface area contributed by atoms with Crippen LogP contribution in [-0.2, 0) is 11.2 Å². The van der Waals surface area contributed by atoms with E-state index in [9.17, 15) is 4.79 Å². The van der Waals surface area contributed by atoms with Gasteiger partial charge in [-0.2, -0.15) is 0 Å². The van der Waals surface area contributed by atoms with Crippen molar-refractivity contribution in [2.75, 3.05) is 0 Å². The van der Waals surface area contributed by atoms with Gasteiger partial charge in [0.2, 0.25) is 0 Å². The summed E-state index contributed by atoms with van der Waals surface area (Å²) < 4.78 is 0. The third-order valence-electron chi connectivity index (χ3n) is 2.22. The minimum Gasteiger partial charge on any atom is -0.481 e. The molecule has 2 rings (SSSR count). The Kier molecular flexibility index (Phi) is 3.35. The Morgan fingerprint density at radius 2 is 2.24 bits per heavy atom. The molecule has 2 heterocycles. The lowest BCUT2D eigenvalue weighted by atomic mass is 10.1. The van der Waals surface area contributed by atoms with Crippen molar-refractivity contribution in [3.05, 3.63) is 47.5 Å². The zero-order valence-electron chi connectivity index (χ0n) is 8.80. The van der Waals surface area contributed by atoms with Crippen LogP contribution < -0.4 is 0 Å². The molecule has 0 atom stereocenters. The number of carboxylic acid groups (broad SMARTS) is 1. The van der Waals surface area contributed by atoms with Crippen molar-refractivity contribution in [2.45, 2.75) is 6.42 Å². The smallest absolute Gasteiger partial charge is 0.307 e. The molecule has 2 aromatic rings. The highest BCUT2D eigenvalue weighted by Crippen LogP contribution is 2.26. The van der Waals surface area contributed by atoms with E-state index in [0.29, 0.717) is 16.3 Å². The number of carbonyl (C=O) groups is 1. The molecule has 1 N–H and O–H groups in total. The van der Waals surface area contributed by atoms with Gasteiger partial charge in [0.25, 0.3) is 0 Å². The normalized spacial score (nSPS) is 10.2. The van der Waals surface area contributed by atoms with Crippen LogP contribution in [0.4, 0.5) is 0 Å². The minimum absolute atomic E-state index is 0.0720. The number of hydrogen-bond donors (Lipinski definition) is 1. The first-order valence-corrected chi connectivity index (χ1v) is 5.31. The molecule has 0 aliphatic carbocycles. The molecule has 5 heteroatoms. The maximum absolute atomic E-state index is 10.6. The van der Waals surface area contributed by atoms with Crippen LogP contribution in [-0.4, -0.2) is 21.0 Å². The standard InChI is InChI=1S/C12H9ClN2O2/c13-12-10(9-2-1-3-14-7-9)4-8(6-15-12)5-11(16)17/h1-4,6-7H,5H2,(H,16,17). The van der Waals surface area contributed by atoms with E-state index in [2.05, 4.69) is 9.97 Å². The first-order chi connectivity index (χ1) is 8.16. The molecule has 0 aromatic carbocycles. The predicted octanol–water partition coefficient (Wildman–Crippen LogP) is 2.42. The van der Waals surface area contributed by atoms with Crippen LogP contribution in [0, 0.1) is 0 Å². The number of aliphatic carboxylic acids is 1. The van der Waals surface area contributed by atoms with E-state index in [4.69, 9.17) is 16.7 Å². The Hall–Kier alpha value is -1.94. The molecule has 4 nitrogen and oxygen atoms in total. The van der Waals surface area contributed by atoms with Crippen LogP contribution in [0.25, 0.3) is 11.1 Å². The van der Waals surface area contributed by atoms with Gasteiger partial charge in [0.05, 0.1) is 6.42 Å². The van der Waals surface area contributed by atoms with Gasteiger partial charge >= 0.3 is 5.97 Å². The summed E-state index contributed by atoms with van der Waals surface area (Å²) in [5, 5.41) is 9.06. The molecule has 0 aliphatic rings. The van der Waals surface area contributed by atoms with Crippen molar-refractivity contribution in [1.82, 2.24) is 9.97 Å². The van der Waals surface area contributed by atoms with E-state index in [1.54, 1.807) is 24.5 Å². The summed E-state index contributed by atoms with van der Waals surface area (Å²) in [6.45, 7) is 0. The van der Waals surface area contributed by atoms with E-state index < -0.39 is 5.97 Å². The summed E-state index contributed by atoms with van der Waals surface area (Å²) in [7, 11) is 0. The third kappa shape index (κ3) is 2.79. The van der Waals surface area contributed by atoms with Gasteiger partial charge in [-0.1, -0.05) is 17.7 Å². The van der Waals surface area contributed by atoms with Crippen LogP contribution in [0.1, 0.15) is 5.56 Å². The molecule has 0 spiro atoms. The van der Waals surface area contributed by atoms with Gasteiger partial charge in [-0.15, -0.1) is 0 Å². The van der Waals surface area contributed by atoms with E-state index in [1.165, 1.54) is 6.20 Å². The Bertz CT molecular complexity index is 543. The molecule has 0 fully saturated rings. The number of rotatable bonds is 3. The lowest BCUT2D eigenvalue weighted by molar-refractivity contribution is -0.136. The van der Waals surface area contributed by atoms with Crippen molar-refractivity contribution in [2.24, 2.45) is 0 Å². The van der Waals surface area contributed by atoms with Crippen molar-refractivity contribution in [3.8, 4) is 11.1 Å². The fraction of sp³-hybridized carbons (Fsp3) is 0.0833.